The van der Waals surface area contributed by atoms with Crippen molar-refractivity contribution < 1.29 is 9.78 Å². The van der Waals surface area contributed by atoms with E-state index in [1.165, 1.54) is 38.5 Å². The molecule has 6 atom stereocenters. The fourth-order valence-electron chi connectivity index (χ4n) is 6.00. The van der Waals surface area contributed by atoms with Crippen LogP contribution < -0.4 is 0 Å². The van der Waals surface area contributed by atoms with E-state index in [1.807, 2.05) is 0 Å². The Hall–Kier alpha value is -0.0800. The van der Waals surface area contributed by atoms with Crippen LogP contribution in [0.15, 0.2) is 0 Å². The maximum absolute atomic E-state index is 6.40. The third-order valence-corrected chi connectivity index (χ3v) is 7.15. The second kappa shape index (κ2) is 13.5. The lowest BCUT2D eigenvalue weighted by atomic mass is 9.77. The standard InChI is InChI=1S/C32H66O2/c1-23(21-29(5,6)7)17-19-25(3)27(31(11,12)13)33-34-28(32(14,15)16)26(4)20-18-24(2)22-30(8,9)10/h23-28H,17-22H2,1-16H3. The van der Waals surface area contributed by atoms with Crippen LogP contribution in [0.1, 0.15) is 149 Å². The molecule has 2 heteroatoms. The molecule has 2 nitrogen and oxygen atoms in total. The highest BCUT2D eigenvalue weighted by atomic mass is 17.2. The first kappa shape index (κ1) is 33.9. The van der Waals surface area contributed by atoms with Gasteiger partial charge < -0.3 is 0 Å². The van der Waals surface area contributed by atoms with Crippen LogP contribution in [-0.2, 0) is 9.78 Å². The molecule has 0 fully saturated rings. The van der Waals surface area contributed by atoms with E-state index in [0.29, 0.717) is 22.7 Å². The molecule has 6 unspecified atom stereocenters. The molecule has 0 saturated heterocycles. The van der Waals surface area contributed by atoms with Crippen LogP contribution in [0.5, 0.6) is 0 Å². The van der Waals surface area contributed by atoms with Crippen molar-refractivity contribution in [2.75, 3.05) is 0 Å². The summed E-state index contributed by atoms with van der Waals surface area (Å²) in [6.45, 7) is 37.3. The van der Waals surface area contributed by atoms with E-state index in [1.54, 1.807) is 0 Å². The second-order valence-corrected chi connectivity index (χ2v) is 16.6. The molecule has 0 aromatic carbocycles. The summed E-state index contributed by atoms with van der Waals surface area (Å²) in [5.74, 6) is 2.40. The fraction of sp³-hybridized carbons (Fsp3) is 1.00. The van der Waals surface area contributed by atoms with Crippen LogP contribution in [0.4, 0.5) is 0 Å². The van der Waals surface area contributed by atoms with E-state index in [2.05, 4.69) is 111 Å². The molecule has 0 spiro atoms. The Morgan fingerprint density at radius 1 is 0.441 bits per heavy atom. The van der Waals surface area contributed by atoms with Crippen LogP contribution >= 0.6 is 0 Å². The van der Waals surface area contributed by atoms with Gasteiger partial charge in [-0.3, -0.25) is 0 Å². The monoisotopic (exact) mass is 483 g/mol. The number of hydrogen-bond donors (Lipinski definition) is 0. The molecule has 0 saturated carbocycles. The van der Waals surface area contributed by atoms with Crippen LogP contribution in [0.25, 0.3) is 0 Å². The molecule has 0 aromatic heterocycles. The van der Waals surface area contributed by atoms with Crippen molar-refractivity contribution in [3.8, 4) is 0 Å². The van der Waals surface area contributed by atoms with Gasteiger partial charge in [0.1, 0.15) is 12.2 Å². The summed E-state index contributed by atoms with van der Waals surface area (Å²) in [4.78, 5) is 12.8. The molecule has 0 radical (unpaired) electrons. The third kappa shape index (κ3) is 15.1. The largest absolute Gasteiger partial charge is 0.232 e. The van der Waals surface area contributed by atoms with Gasteiger partial charge >= 0.3 is 0 Å². The van der Waals surface area contributed by atoms with Crippen molar-refractivity contribution in [1.82, 2.24) is 0 Å². The van der Waals surface area contributed by atoms with E-state index >= 15 is 0 Å². The van der Waals surface area contributed by atoms with Crippen molar-refractivity contribution >= 4 is 0 Å². The highest BCUT2D eigenvalue weighted by Gasteiger charge is 2.37. The van der Waals surface area contributed by atoms with Gasteiger partial charge in [-0.05, 0) is 71.0 Å². The van der Waals surface area contributed by atoms with E-state index in [9.17, 15) is 0 Å². The molecule has 34 heavy (non-hydrogen) atoms. The molecular weight excluding hydrogens is 416 g/mol. The highest BCUT2D eigenvalue weighted by Crippen LogP contribution is 2.37. The SMILES string of the molecule is CC(CCC(C)C(OOC(C(C)CCC(C)CC(C)(C)C)C(C)(C)C)C(C)(C)C)CC(C)(C)C. The van der Waals surface area contributed by atoms with Gasteiger partial charge in [0.25, 0.3) is 0 Å². The summed E-state index contributed by atoms with van der Waals surface area (Å²) in [7, 11) is 0. The van der Waals surface area contributed by atoms with Crippen molar-refractivity contribution in [1.29, 1.82) is 0 Å². The lowest BCUT2D eigenvalue weighted by molar-refractivity contribution is -0.393. The summed E-state index contributed by atoms with van der Waals surface area (Å²) in [6, 6.07) is 0. The van der Waals surface area contributed by atoms with Gasteiger partial charge in [-0.25, -0.2) is 9.78 Å². The normalized spacial score (nSPS) is 19.4. The Bertz CT molecular complexity index is 487. The molecule has 0 heterocycles. The first-order valence-corrected chi connectivity index (χ1v) is 14.3. The van der Waals surface area contributed by atoms with Gasteiger partial charge in [0.05, 0.1) is 0 Å². The van der Waals surface area contributed by atoms with E-state index in [-0.39, 0.29) is 23.0 Å². The van der Waals surface area contributed by atoms with Crippen molar-refractivity contribution in [3.05, 3.63) is 0 Å². The molecule has 0 rings (SSSR count). The Morgan fingerprint density at radius 2 is 0.706 bits per heavy atom. The molecule has 206 valence electrons. The third-order valence-electron chi connectivity index (χ3n) is 7.15. The topological polar surface area (TPSA) is 18.5 Å². The summed E-state index contributed by atoms with van der Waals surface area (Å²) in [6.07, 6.45) is 7.59. The van der Waals surface area contributed by atoms with E-state index in [4.69, 9.17) is 9.78 Å². The Labute approximate surface area is 216 Å². The zero-order valence-corrected chi connectivity index (χ0v) is 26.5. The van der Waals surface area contributed by atoms with E-state index in [0.717, 1.165) is 11.8 Å². The Kier molecular flexibility index (Phi) is 13.4. The zero-order chi connectivity index (χ0) is 27.1. The van der Waals surface area contributed by atoms with Crippen LogP contribution in [-0.4, -0.2) is 12.2 Å². The number of hydrogen-bond acceptors (Lipinski definition) is 2. The average Bonchev–Trinajstić information content (AvgIpc) is 2.56. The highest BCUT2D eigenvalue weighted by molar-refractivity contribution is 4.82. The maximum atomic E-state index is 6.40. The fourth-order valence-corrected chi connectivity index (χ4v) is 6.00. The minimum Gasteiger partial charge on any atom is -0.232 e. The lowest BCUT2D eigenvalue weighted by Crippen LogP contribution is -2.41. The molecule has 0 aliphatic rings. The van der Waals surface area contributed by atoms with Gasteiger partial charge in [-0.2, -0.15) is 0 Å². The van der Waals surface area contributed by atoms with Gasteiger partial charge in [-0.15, -0.1) is 0 Å². The van der Waals surface area contributed by atoms with Gasteiger partial charge in [0.2, 0.25) is 0 Å². The number of rotatable bonds is 13. The molecule has 0 amide bonds. The van der Waals surface area contributed by atoms with Crippen LogP contribution in [0.2, 0.25) is 0 Å². The van der Waals surface area contributed by atoms with Crippen molar-refractivity contribution in [2.45, 2.75) is 162 Å². The summed E-state index contributed by atoms with van der Waals surface area (Å²) in [5.41, 5.74) is 0.872. The minimum atomic E-state index is 0.0412. The molecular formula is C32H66O2. The molecule has 0 aliphatic heterocycles. The van der Waals surface area contributed by atoms with Gasteiger partial charge in [0, 0.05) is 0 Å². The van der Waals surface area contributed by atoms with Crippen LogP contribution in [0.3, 0.4) is 0 Å². The van der Waals surface area contributed by atoms with E-state index < -0.39 is 0 Å². The van der Waals surface area contributed by atoms with Crippen LogP contribution in [0, 0.1) is 45.3 Å². The Balaban J connectivity index is 5.15. The summed E-state index contributed by atoms with van der Waals surface area (Å²) >= 11 is 0. The summed E-state index contributed by atoms with van der Waals surface area (Å²) in [5, 5.41) is 0. The molecule has 0 aliphatic carbocycles. The predicted octanol–water partition coefficient (Wildman–Crippen LogP) is 10.7. The maximum Gasteiger partial charge on any atom is 0.100 e. The van der Waals surface area contributed by atoms with Gasteiger partial charge in [0.15, 0.2) is 0 Å². The second-order valence-electron chi connectivity index (χ2n) is 16.6. The zero-order valence-electron chi connectivity index (χ0n) is 26.5. The van der Waals surface area contributed by atoms with Crippen molar-refractivity contribution in [2.24, 2.45) is 45.3 Å². The van der Waals surface area contributed by atoms with Gasteiger partial charge in [-0.1, -0.05) is 124 Å². The molecule has 0 aromatic rings. The molecule has 0 N–H and O–H groups in total. The first-order chi connectivity index (χ1) is 15.0. The predicted molar refractivity (Wildman–Crippen MR) is 152 cm³/mol. The average molecular weight is 483 g/mol. The first-order valence-electron chi connectivity index (χ1n) is 14.3. The Morgan fingerprint density at radius 3 is 0.912 bits per heavy atom. The quantitative estimate of drug-likeness (QED) is 0.192. The van der Waals surface area contributed by atoms with Crippen molar-refractivity contribution in [3.63, 3.8) is 0 Å². The summed E-state index contributed by atoms with van der Waals surface area (Å²) < 4.78 is 0. The molecule has 0 bridgehead atoms. The lowest BCUT2D eigenvalue weighted by Gasteiger charge is -2.40. The minimum absolute atomic E-state index is 0.0412. The smallest absolute Gasteiger partial charge is 0.100 e.